The molecule has 2 heterocycles. The van der Waals surface area contributed by atoms with Gasteiger partial charge in [-0.25, -0.2) is 0 Å². The molecule has 0 saturated heterocycles. The normalized spacial score (nSPS) is 16.4. The van der Waals surface area contributed by atoms with Crippen molar-refractivity contribution in [2.75, 3.05) is 0 Å². The smallest absolute Gasteiger partial charge is 0.0667 e. The van der Waals surface area contributed by atoms with E-state index >= 15 is 0 Å². The number of aliphatic imine (C=N–C) groups is 1. The summed E-state index contributed by atoms with van der Waals surface area (Å²) in [7, 11) is 0. The maximum Gasteiger partial charge on any atom is 0.0667 e. The van der Waals surface area contributed by atoms with Gasteiger partial charge in [-0.05, 0) is 32.1 Å². The van der Waals surface area contributed by atoms with Crippen LogP contribution in [0.2, 0.25) is 0 Å². The predicted molar refractivity (Wildman–Crippen MR) is 71.5 cm³/mol. The Bertz CT molecular complexity index is 637. The highest BCUT2D eigenvalue weighted by Gasteiger charge is 2.09. The number of terminal acetylenes is 2. The van der Waals surface area contributed by atoms with Gasteiger partial charge >= 0.3 is 0 Å². The van der Waals surface area contributed by atoms with E-state index in [0.717, 1.165) is 33.9 Å². The lowest BCUT2D eigenvalue weighted by Crippen LogP contribution is -1.87. The zero-order valence-corrected chi connectivity index (χ0v) is 9.83. The van der Waals surface area contributed by atoms with Crippen molar-refractivity contribution in [1.82, 2.24) is 4.98 Å². The first-order chi connectivity index (χ1) is 8.13. The second kappa shape index (κ2) is 4.20. The number of aromatic nitrogens is 1. The van der Waals surface area contributed by atoms with Crippen molar-refractivity contribution in [3.05, 3.63) is 40.4 Å². The number of H-pyrrole nitrogens is 1. The van der Waals surface area contributed by atoms with E-state index in [1.807, 2.05) is 32.1 Å². The monoisotopic (exact) mass is 220 g/mol. The van der Waals surface area contributed by atoms with Crippen LogP contribution in [0, 0.1) is 31.6 Å². The molecule has 1 aromatic rings. The average molecular weight is 220 g/mol. The van der Waals surface area contributed by atoms with Gasteiger partial charge in [-0.1, -0.05) is 11.8 Å². The molecule has 17 heavy (non-hydrogen) atoms. The first-order valence-corrected chi connectivity index (χ1v) is 5.26. The lowest BCUT2D eigenvalue weighted by Gasteiger charge is -1.88. The molecule has 0 spiro atoms. The summed E-state index contributed by atoms with van der Waals surface area (Å²) < 4.78 is 0. The van der Waals surface area contributed by atoms with Crippen LogP contribution >= 0.6 is 0 Å². The molecule has 2 rings (SSSR count). The van der Waals surface area contributed by atoms with Gasteiger partial charge in [-0.15, -0.1) is 12.8 Å². The third-order valence-electron chi connectivity index (χ3n) is 2.63. The fourth-order valence-corrected chi connectivity index (χ4v) is 1.73. The molecule has 0 fully saturated rings. The Morgan fingerprint density at radius 1 is 1.29 bits per heavy atom. The minimum Gasteiger partial charge on any atom is -0.358 e. The molecule has 1 N–H and O–H groups in total. The molecule has 0 aromatic carbocycles. The first kappa shape index (κ1) is 11.0. The standard InChI is InChI=1S/C15H12N2/c1-5-12-7-14(16-10(12)3)9-15-8-13(6-2)11(4)17-15/h1-2,7-9,16H,3-4H3/b15-9-. The van der Waals surface area contributed by atoms with E-state index in [-0.39, 0.29) is 0 Å². The molecule has 1 aromatic heterocycles. The Morgan fingerprint density at radius 2 is 2.06 bits per heavy atom. The van der Waals surface area contributed by atoms with Crippen molar-refractivity contribution in [2.45, 2.75) is 13.8 Å². The summed E-state index contributed by atoms with van der Waals surface area (Å²) in [5, 5.41) is 0. The van der Waals surface area contributed by atoms with E-state index in [1.165, 1.54) is 0 Å². The first-order valence-electron chi connectivity index (χ1n) is 5.26. The lowest BCUT2D eigenvalue weighted by molar-refractivity contribution is 1.24. The van der Waals surface area contributed by atoms with Crippen LogP contribution < -0.4 is 0 Å². The van der Waals surface area contributed by atoms with Gasteiger partial charge in [-0.3, -0.25) is 4.99 Å². The van der Waals surface area contributed by atoms with Crippen molar-refractivity contribution in [2.24, 2.45) is 4.99 Å². The number of nitrogens with one attached hydrogen (secondary N) is 1. The maximum absolute atomic E-state index is 5.38. The highest BCUT2D eigenvalue weighted by Crippen LogP contribution is 2.19. The molecule has 0 atom stereocenters. The van der Waals surface area contributed by atoms with Crippen LogP contribution in [0.5, 0.6) is 0 Å². The van der Waals surface area contributed by atoms with Crippen LogP contribution in [0.1, 0.15) is 23.9 Å². The fourth-order valence-electron chi connectivity index (χ4n) is 1.73. The maximum atomic E-state index is 5.38. The summed E-state index contributed by atoms with van der Waals surface area (Å²) in [5.41, 5.74) is 5.35. The number of hydrogen-bond acceptors (Lipinski definition) is 1. The van der Waals surface area contributed by atoms with Crippen molar-refractivity contribution in [1.29, 1.82) is 0 Å². The predicted octanol–water partition coefficient (Wildman–Crippen LogP) is 2.68. The second-order valence-electron chi connectivity index (χ2n) is 3.88. The number of allylic oxidation sites excluding steroid dienone is 2. The van der Waals surface area contributed by atoms with Gasteiger partial charge in [-0.2, -0.15) is 0 Å². The summed E-state index contributed by atoms with van der Waals surface area (Å²) >= 11 is 0. The number of aryl methyl sites for hydroxylation is 1. The van der Waals surface area contributed by atoms with Crippen LogP contribution in [0.3, 0.4) is 0 Å². The summed E-state index contributed by atoms with van der Waals surface area (Å²) in [6.45, 7) is 3.85. The average Bonchev–Trinajstić information content (AvgIpc) is 2.82. The molecule has 1 aliphatic heterocycles. The molecule has 0 amide bonds. The summed E-state index contributed by atoms with van der Waals surface area (Å²) in [6, 6.07) is 1.93. The summed E-state index contributed by atoms with van der Waals surface area (Å²) in [6.07, 6.45) is 14.6. The quantitative estimate of drug-likeness (QED) is 0.705. The topological polar surface area (TPSA) is 28.1 Å². The molecule has 0 bridgehead atoms. The molecule has 0 aliphatic carbocycles. The molecule has 2 nitrogen and oxygen atoms in total. The van der Waals surface area contributed by atoms with Crippen molar-refractivity contribution >= 4 is 11.8 Å². The molecule has 2 heteroatoms. The molecular weight excluding hydrogens is 208 g/mol. The minimum absolute atomic E-state index is 0.830. The van der Waals surface area contributed by atoms with Crippen LogP contribution in [-0.2, 0) is 0 Å². The molecule has 0 radical (unpaired) electrons. The Hall–Kier alpha value is -2.45. The van der Waals surface area contributed by atoms with E-state index in [9.17, 15) is 0 Å². The van der Waals surface area contributed by atoms with E-state index in [0.29, 0.717) is 0 Å². The van der Waals surface area contributed by atoms with Crippen molar-refractivity contribution in [3.8, 4) is 24.7 Å². The van der Waals surface area contributed by atoms with Crippen LogP contribution in [0.4, 0.5) is 0 Å². The van der Waals surface area contributed by atoms with Crippen molar-refractivity contribution in [3.63, 3.8) is 0 Å². The molecule has 0 unspecified atom stereocenters. The SMILES string of the molecule is C#CC1=C/C(=C/c2cc(C#C)c(C)[nH]2)N=C1C. The van der Waals surface area contributed by atoms with E-state index in [4.69, 9.17) is 12.8 Å². The molecule has 82 valence electrons. The third kappa shape index (κ3) is 2.07. The Balaban J connectivity index is 2.37. The number of hydrogen-bond donors (Lipinski definition) is 1. The van der Waals surface area contributed by atoms with E-state index in [2.05, 4.69) is 21.8 Å². The molecule has 1 aliphatic rings. The summed E-state index contributed by atoms with van der Waals surface area (Å²) in [4.78, 5) is 7.57. The number of rotatable bonds is 1. The lowest BCUT2D eigenvalue weighted by atomic mass is 10.2. The summed E-state index contributed by atoms with van der Waals surface area (Å²) in [5.74, 6) is 5.23. The number of aromatic amines is 1. The van der Waals surface area contributed by atoms with Gasteiger partial charge in [0, 0.05) is 22.5 Å². The van der Waals surface area contributed by atoms with Gasteiger partial charge < -0.3 is 4.98 Å². The van der Waals surface area contributed by atoms with Crippen LogP contribution in [0.25, 0.3) is 6.08 Å². The zero-order chi connectivity index (χ0) is 12.4. The van der Waals surface area contributed by atoms with Crippen LogP contribution in [0.15, 0.2) is 28.4 Å². The van der Waals surface area contributed by atoms with Gasteiger partial charge in [0.25, 0.3) is 0 Å². The zero-order valence-electron chi connectivity index (χ0n) is 9.83. The minimum atomic E-state index is 0.830. The highest BCUT2D eigenvalue weighted by molar-refractivity contribution is 6.06. The van der Waals surface area contributed by atoms with Gasteiger partial charge in [0.05, 0.1) is 11.4 Å². The highest BCUT2D eigenvalue weighted by atomic mass is 14.8. The Kier molecular flexibility index (Phi) is 2.73. The Morgan fingerprint density at radius 3 is 2.59 bits per heavy atom. The van der Waals surface area contributed by atoms with Gasteiger partial charge in [0.2, 0.25) is 0 Å². The number of nitrogens with zero attached hydrogens (tertiary/aromatic N) is 1. The second-order valence-corrected chi connectivity index (χ2v) is 3.88. The van der Waals surface area contributed by atoms with Crippen LogP contribution in [-0.4, -0.2) is 10.7 Å². The van der Waals surface area contributed by atoms with E-state index < -0.39 is 0 Å². The molecular formula is C15H12N2. The van der Waals surface area contributed by atoms with Gasteiger partial charge in [0.15, 0.2) is 0 Å². The molecule has 0 saturated carbocycles. The van der Waals surface area contributed by atoms with E-state index in [1.54, 1.807) is 0 Å². The van der Waals surface area contributed by atoms with Crippen molar-refractivity contribution < 1.29 is 0 Å². The fraction of sp³-hybridized carbons (Fsp3) is 0.133. The largest absolute Gasteiger partial charge is 0.358 e. The Labute approximate surface area is 101 Å². The third-order valence-corrected chi connectivity index (χ3v) is 2.63. The van der Waals surface area contributed by atoms with Gasteiger partial charge in [0.1, 0.15) is 0 Å².